The summed E-state index contributed by atoms with van der Waals surface area (Å²) in [6.07, 6.45) is -0.714. The van der Waals surface area contributed by atoms with E-state index in [1.54, 1.807) is 0 Å². The number of aliphatic hydroxyl groups excluding tert-OH is 1. The maximum absolute atomic E-state index is 10.3. The van der Waals surface area contributed by atoms with Gasteiger partial charge in [0.2, 0.25) is 0 Å². The van der Waals surface area contributed by atoms with Gasteiger partial charge in [0.1, 0.15) is 11.9 Å². The van der Waals surface area contributed by atoms with Crippen LogP contribution in [-0.4, -0.2) is 15.1 Å². The van der Waals surface area contributed by atoms with Gasteiger partial charge in [-0.05, 0) is 42.7 Å². The number of aromatic amines is 1. The van der Waals surface area contributed by atoms with Gasteiger partial charge in [0, 0.05) is 0 Å². The Hall–Kier alpha value is -2.13. The number of aromatic nitrogens is 2. The first-order chi connectivity index (χ1) is 9.15. The monoisotopic (exact) mass is 252 g/mol. The molecule has 0 unspecified atom stereocenters. The second-order valence-corrected chi connectivity index (χ2v) is 4.89. The summed E-state index contributed by atoms with van der Waals surface area (Å²) >= 11 is 0. The SMILES string of the molecule is Cc1cc2nc([C@@H](O)c3ccccc3)[nH]c2cc1C. The van der Waals surface area contributed by atoms with Gasteiger partial charge in [0.05, 0.1) is 11.0 Å². The lowest BCUT2D eigenvalue weighted by Gasteiger charge is -2.06. The van der Waals surface area contributed by atoms with Crippen molar-refractivity contribution in [1.29, 1.82) is 0 Å². The smallest absolute Gasteiger partial charge is 0.140 e. The van der Waals surface area contributed by atoms with Crippen molar-refractivity contribution in [2.45, 2.75) is 20.0 Å². The summed E-state index contributed by atoms with van der Waals surface area (Å²) in [5.41, 5.74) is 5.13. The molecule has 0 bridgehead atoms. The third-order valence-corrected chi connectivity index (χ3v) is 3.49. The standard InChI is InChI=1S/C16H16N2O/c1-10-8-13-14(9-11(10)2)18-16(17-13)15(19)12-6-4-3-5-7-12/h3-9,15,19H,1-2H3,(H,17,18)/t15-/m0/s1. The van der Waals surface area contributed by atoms with Crippen LogP contribution in [0.1, 0.15) is 28.6 Å². The highest BCUT2D eigenvalue weighted by Gasteiger charge is 2.14. The van der Waals surface area contributed by atoms with Crippen LogP contribution >= 0.6 is 0 Å². The zero-order valence-electron chi connectivity index (χ0n) is 11.0. The van der Waals surface area contributed by atoms with Crippen LogP contribution in [-0.2, 0) is 0 Å². The molecule has 0 aliphatic rings. The summed E-state index contributed by atoms with van der Waals surface area (Å²) in [5, 5.41) is 10.3. The van der Waals surface area contributed by atoms with Gasteiger partial charge >= 0.3 is 0 Å². The number of rotatable bonds is 2. The van der Waals surface area contributed by atoms with Crippen LogP contribution in [0.3, 0.4) is 0 Å². The Labute approximate surface area is 111 Å². The van der Waals surface area contributed by atoms with Crippen LogP contribution < -0.4 is 0 Å². The lowest BCUT2D eigenvalue weighted by Crippen LogP contribution is -2.01. The Bertz CT molecular complexity index is 677. The number of aryl methyl sites for hydroxylation is 2. The second-order valence-electron chi connectivity index (χ2n) is 4.89. The Balaban J connectivity index is 2.06. The molecule has 1 atom stereocenters. The third-order valence-electron chi connectivity index (χ3n) is 3.49. The number of hydrogen-bond acceptors (Lipinski definition) is 2. The molecule has 96 valence electrons. The van der Waals surface area contributed by atoms with Crippen molar-refractivity contribution in [2.75, 3.05) is 0 Å². The number of aliphatic hydroxyl groups is 1. The van der Waals surface area contributed by atoms with Gasteiger partial charge in [-0.15, -0.1) is 0 Å². The number of fused-ring (bicyclic) bond motifs is 1. The molecule has 0 spiro atoms. The van der Waals surface area contributed by atoms with Crippen LogP contribution in [0.5, 0.6) is 0 Å². The molecule has 0 amide bonds. The maximum atomic E-state index is 10.3. The molecule has 3 rings (SSSR count). The van der Waals surface area contributed by atoms with Crippen molar-refractivity contribution in [3.8, 4) is 0 Å². The number of nitrogens with one attached hydrogen (secondary N) is 1. The molecular weight excluding hydrogens is 236 g/mol. The fraction of sp³-hybridized carbons (Fsp3) is 0.188. The topological polar surface area (TPSA) is 48.9 Å². The minimum absolute atomic E-state index is 0.589. The fourth-order valence-corrected chi connectivity index (χ4v) is 2.21. The largest absolute Gasteiger partial charge is 0.380 e. The molecule has 2 aromatic carbocycles. The van der Waals surface area contributed by atoms with Crippen molar-refractivity contribution in [3.05, 3.63) is 65.0 Å². The number of hydrogen-bond donors (Lipinski definition) is 2. The Morgan fingerprint density at radius 2 is 1.74 bits per heavy atom. The van der Waals surface area contributed by atoms with Crippen molar-refractivity contribution in [3.63, 3.8) is 0 Å². The van der Waals surface area contributed by atoms with Crippen LogP contribution in [0.2, 0.25) is 0 Å². The molecule has 2 N–H and O–H groups in total. The highest BCUT2D eigenvalue weighted by atomic mass is 16.3. The molecule has 0 aliphatic heterocycles. The predicted molar refractivity (Wildman–Crippen MR) is 76.1 cm³/mol. The average molecular weight is 252 g/mol. The van der Waals surface area contributed by atoms with Crippen LogP contribution in [0.4, 0.5) is 0 Å². The van der Waals surface area contributed by atoms with Crippen molar-refractivity contribution in [2.24, 2.45) is 0 Å². The quantitative estimate of drug-likeness (QED) is 0.735. The predicted octanol–water partition coefficient (Wildman–Crippen LogP) is 3.26. The van der Waals surface area contributed by atoms with Gasteiger partial charge in [-0.25, -0.2) is 4.98 Å². The molecule has 0 saturated heterocycles. The first-order valence-corrected chi connectivity index (χ1v) is 6.35. The Morgan fingerprint density at radius 1 is 1.05 bits per heavy atom. The molecule has 3 heteroatoms. The van der Waals surface area contributed by atoms with E-state index in [9.17, 15) is 5.11 Å². The molecule has 3 nitrogen and oxygen atoms in total. The Kier molecular flexibility index (Phi) is 2.84. The molecule has 0 aliphatic carbocycles. The number of H-pyrrole nitrogens is 1. The van der Waals surface area contributed by atoms with Crippen LogP contribution in [0.25, 0.3) is 11.0 Å². The van der Waals surface area contributed by atoms with Crippen LogP contribution in [0.15, 0.2) is 42.5 Å². The van der Waals surface area contributed by atoms with Gasteiger partial charge in [0.25, 0.3) is 0 Å². The lowest BCUT2D eigenvalue weighted by atomic mass is 10.1. The molecule has 1 heterocycles. The van der Waals surface area contributed by atoms with Crippen molar-refractivity contribution < 1.29 is 5.11 Å². The summed E-state index contributed by atoms with van der Waals surface area (Å²) in [4.78, 5) is 7.69. The van der Waals surface area contributed by atoms with E-state index in [-0.39, 0.29) is 0 Å². The van der Waals surface area contributed by atoms with Gasteiger partial charge in [-0.1, -0.05) is 30.3 Å². The molecule has 19 heavy (non-hydrogen) atoms. The van der Waals surface area contributed by atoms with Crippen molar-refractivity contribution >= 4 is 11.0 Å². The molecule has 0 saturated carbocycles. The average Bonchev–Trinajstić information content (AvgIpc) is 2.82. The fourth-order valence-electron chi connectivity index (χ4n) is 2.21. The number of nitrogens with zero attached hydrogens (tertiary/aromatic N) is 1. The highest BCUT2D eigenvalue weighted by molar-refractivity contribution is 5.77. The molecule has 0 fully saturated rings. The maximum Gasteiger partial charge on any atom is 0.140 e. The van der Waals surface area contributed by atoms with Gasteiger partial charge in [0.15, 0.2) is 0 Å². The van der Waals surface area contributed by atoms with Crippen LogP contribution in [0, 0.1) is 13.8 Å². The van der Waals surface area contributed by atoms with Crippen molar-refractivity contribution in [1.82, 2.24) is 9.97 Å². The van der Waals surface area contributed by atoms with E-state index in [1.807, 2.05) is 36.4 Å². The number of imidazole rings is 1. The van der Waals surface area contributed by atoms with Gasteiger partial charge < -0.3 is 10.1 Å². The summed E-state index contributed by atoms with van der Waals surface area (Å²) in [6, 6.07) is 13.7. The van der Waals surface area contributed by atoms with E-state index in [0.29, 0.717) is 5.82 Å². The normalized spacial score (nSPS) is 12.8. The summed E-state index contributed by atoms with van der Waals surface area (Å²) < 4.78 is 0. The zero-order chi connectivity index (χ0) is 13.4. The molecule has 0 radical (unpaired) electrons. The zero-order valence-corrected chi connectivity index (χ0v) is 11.0. The first-order valence-electron chi connectivity index (χ1n) is 6.35. The number of benzene rings is 2. The third kappa shape index (κ3) is 2.13. The lowest BCUT2D eigenvalue weighted by molar-refractivity contribution is 0.211. The second kappa shape index (κ2) is 4.52. The molecule has 1 aromatic heterocycles. The van der Waals surface area contributed by atoms with E-state index >= 15 is 0 Å². The molecular formula is C16H16N2O. The summed E-state index contributed by atoms with van der Waals surface area (Å²) in [6.45, 7) is 4.14. The first kappa shape index (κ1) is 11.9. The van der Waals surface area contributed by atoms with E-state index in [4.69, 9.17) is 0 Å². The van der Waals surface area contributed by atoms with E-state index < -0.39 is 6.10 Å². The van der Waals surface area contributed by atoms with E-state index in [0.717, 1.165) is 16.6 Å². The van der Waals surface area contributed by atoms with Gasteiger partial charge in [-0.3, -0.25) is 0 Å². The highest BCUT2D eigenvalue weighted by Crippen LogP contribution is 2.23. The minimum atomic E-state index is -0.714. The molecule has 3 aromatic rings. The summed E-state index contributed by atoms with van der Waals surface area (Å²) in [5.74, 6) is 0.589. The minimum Gasteiger partial charge on any atom is -0.380 e. The van der Waals surface area contributed by atoms with E-state index in [1.165, 1.54) is 11.1 Å². The summed E-state index contributed by atoms with van der Waals surface area (Å²) in [7, 11) is 0. The van der Waals surface area contributed by atoms with Gasteiger partial charge in [-0.2, -0.15) is 0 Å². The van der Waals surface area contributed by atoms with E-state index in [2.05, 4.69) is 29.9 Å². The Morgan fingerprint density at radius 3 is 2.47 bits per heavy atom.